The van der Waals surface area contributed by atoms with Crippen molar-refractivity contribution in [3.63, 3.8) is 0 Å². The van der Waals surface area contributed by atoms with Gasteiger partial charge in [-0.25, -0.2) is 0 Å². The molecule has 0 amide bonds. The van der Waals surface area contributed by atoms with E-state index >= 15 is 0 Å². The molecule has 0 radical (unpaired) electrons. The molecule has 2 aromatic rings. The van der Waals surface area contributed by atoms with Crippen molar-refractivity contribution in [1.29, 1.82) is 0 Å². The van der Waals surface area contributed by atoms with Crippen LogP contribution < -0.4 is 9.47 Å². The first-order valence-electron chi connectivity index (χ1n) is 5.50. The van der Waals surface area contributed by atoms with Crippen LogP contribution in [0.15, 0.2) is 49.3 Å². The lowest BCUT2D eigenvalue weighted by atomic mass is 10.2. The third-order valence-corrected chi connectivity index (χ3v) is 2.31. The van der Waals surface area contributed by atoms with Crippen LogP contribution in [0, 0.1) is 0 Å². The Morgan fingerprint density at radius 2 is 1.59 bits per heavy atom. The summed E-state index contributed by atoms with van der Waals surface area (Å²) in [5.74, 6) is 1.64. The van der Waals surface area contributed by atoms with Crippen molar-refractivity contribution in [2.75, 3.05) is 13.2 Å². The highest BCUT2D eigenvalue weighted by Gasteiger charge is 2.09. The molecule has 1 aromatic carbocycles. The Kier molecular flexibility index (Phi) is 3.86. The summed E-state index contributed by atoms with van der Waals surface area (Å²) in [7, 11) is 0. The first-order valence-corrected chi connectivity index (χ1v) is 5.50. The Bertz CT molecular complexity index is 442. The average Bonchev–Trinajstić information content (AvgIpc) is 2.89. The fraction of sp³-hybridized carbons (Fsp3) is 0.143. The van der Waals surface area contributed by atoms with Gasteiger partial charge in [-0.05, 0) is 5.56 Å². The number of H-pyrrole nitrogens is 1. The van der Waals surface area contributed by atoms with Crippen LogP contribution in [0.1, 0.15) is 5.56 Å². The van der Waals surface area contributed by atoms with E-state index in [9.17, 15) is 0 Å². The maximum Gasteiger partial charge on any atom is 0.178 e. The van der Waals surface area contributed by atoms with E-state index in [1.165, 1.54) is 5.56 Å². The number of nitrogens with one attached hydrogen (secondary N) is 1. The number of fused-ring (bicyclic) bond motifs is 1. The third-order valence-electron chi connectivity index (χ3n) is 2.31. The van der Waals surface area contributed by atoms with Crippen molar-refractivity contribution < 1.29 is 9.47 Å². The van der Waals surface area contributed by atoms with Crippen LogP contribution in [-0.4, -0.2) is 18.2 Å². The Balaban J connectivity index is 0.000000128. The van der Waals surface area contributed by atoms with Crippen molar-refractivity contribution >= 4 is 6.08 Å². The van der Waals surface area contributed by atoms with E-state index in [4.69, 9.17) is 9.47 Å². The number of aromatic nitrogens is 1. The van der Waals surface area contributed by atoms with Crippen LogP contribution in [0.25, 0.3) is 6.08 Å². The molecular weight excluding hydrogens is 214 g/mol. The maximum absolute atomic E-state index is 5.21. The zero-order chi connectivity index (χ0) is 11.9. The number of benzene rings is 1. The molecule has 0 fully saturated rings. The predicted molar refractivity (Wildman–Crippen MR) is 68.3 cm³/mol. The minimum absolute atomic E-state index is 0.658. The van der Waals surface area contributed by atoms with Gasteiger partial charge in [0.05, 0.1) is 0 Å². The minimum atomic E-state index is 0.658. The molecule has 1 aliphatic rings. The number of aromatic amines is 1. The maximum atomic E-state index is 5.21. The van der Waals surface area contributed by atoms with E-state index in [1.807, 2.05) is 36.4 Å². The van der Waals surface area contributed by atoms with Crippen molar-refractivity contribution in [2.45, 2.75) is 0 Å². The van der Waals surface area contributed by atoms with E-state index in [1.54, 1.807) is 12.4 Å². The molecule has 17 heavy (non-hydrogen) atoms. The Hall–Kier alpha value is -2.16. The Labute approximate surface area is 101 Å². The zero-order valence-corrected chi connectivity index (χ0v) is 9.56. The number of hydrogen-bond donors (Lipinski definition) is 1. The van der Waals surface area contributed by atoms with Crippen LogP contribution in [0.4, 0.5) is 0 Å². The van der Waals surface area contributed by atoms with Gasteiger partial charge in [-0.15, -0.1) is 0 Å². The lowest BCUT2D eigenvalue weighted by Crippen LogP contribution is -2.13. The summed E-state index contributed by atoms with van der Waals surface area (Å²) < 4.78 is 10.4. The molecule has 3 heteroatoms. The summed E-state index contributed by atoms with van der Waals surface area (Å²) >= 11 is 0. The van der Waals surface area contributed by atoms with Gasteiger partial charge in [-0.1, -0.05) is 43.0 Å². The van der Waals surface area contributed by atoms with Gasteiger partial charge in [0.15, 0.2) is 11.5 Å². The Morgan fingerprint density at radius 3 is 2.06 bits per heavy atom. The van der Waals surface area contributed by atoms with Gasteiger partial charge in [0.25, 0.3) is 0 Å². The highest BCUT2D eigenvalue weighted by molar-refractivity contribution is 5.45. The molecule has 1 aliphatic heterocycles. The molecule has 0 aliphatic carbocycles. The van der Waals surface area contributed by atoms with Crippen molar-refractivity contribution in [3.8, 4) is 11.5 Å². The van der Waals surface area contributed by atoms with Gasteiger partial charge < -0.3 is 14.5 Å². The minimum Gasteiger partial charge on any atom is -0.485 e. The molecule has 1 aromatic heterocycles. The van der Waals surface area contributed by atoms with Gasteiger partial charge in [0.1, 0.15) is 13.2 Å². The second kappa shape index (κ2) is 5.80. The summed E-state index contributed by atoms with van der Waals surface area (Å²) in [6, 6.07) is 10.0. The lowest BCUT2D eigenvalue weighted by molar-refractivity contribution is 0.173. The molecule has 0 saturated carbocycles. The van der Waals surface area contributed by atoms with Crippen molar-refractivity contribution in [2.24, 2.45) is 0 Å². The second-order valence-electron chi connectivity index (χ2n) is 3.50. The van der Waals surface area contributed by atoms with E-state index in [-0.39, 0.29) is 0 Å². The lowest BCUT2D eigenvalue weighted by Gasteiger charge is -2.13. The van der Waals surface area contributed by atoms with E-state index in [2.05, 4.69) is 11.6 Å². The zero-order valence-electron chi connectivity index (χ0n) is 9.56. The molecule has 0 saturated heterocycles. The third kappa shape index (κ3) is 3.14. The quantitative estimate of drug-likeness (QED) is 0.815. The molecule has 3 nitrogen and oxygen atoms in total. The number of hydrogen-bond acceptors (Lipinski definition) is 2. The molecule has 3 rings (SSSR count). The number of rotatable bonds is 1. The molecular formula is C14H15NO2. The predicted octanol–water partition coefficient (Wildman–Crippen LogP) is 3.12. The monoisotopic (exact) mass is 229 g/mol. The van der Waals surface area contributed by atoms with Crippen LogP contribution in [0.2, 0.25) is 0 Å². The van der Waals surface area contributed by atoms with E-state index < -0.39 is 0 Å². The summed E-state index contributed by atoms with van der Waals surface area (Å²) in [6.07, 6.45) is 5.41. The smallest absolute Gasteiger partial charge is 0.178 e. The summed E-state index contributed by atoms with van der Waals surface area (Å²) in [4.78, 5) is 2.89. The molecule has 1 N–H and O–H groups in total. The summed E-state index contributed by atoms with van der Waals surface area (Å²) in [5, 5.41) is 0. The van der Waals surface area contributed by atoms with E-state index in [0.29, 0.717) is 13.2 Å². The fourth-order valence-electron chi connectivity index (χ4n) is 1.45. The largest absolute Gasteiger partial charge is 0.485 e. The fourth-order valence-corrected chi connectivity index (χ4v) is 1.45. The number of ether oxygens (including phenoxy) is 2. The Morgan fingerprint density at radius 1 is 1.00 bits per heavy atom. The SMILES string of the molecule is C=Cc1ccccc1.c1[nH]cc2c1OCCO2. The van der Waals surface area contributed by atoms with Crippen LogP contribution in [0.5, 0.6) is 11.5 Å². The summed E-state index contributed by atoms with van der Waals surface area (Å²) in [5.41, 5.74) is 1.17. The van der Waals surface area contributed by atoms with Crippen LogP contribution >= 0.6 is 0 Å². The van der Waals surface area contributed by atoms with Gasteiger partial charge in [-0.3, -0.25) is 0 Å². The van der Waals surface area contributed by atoms with Gasteiger partial charge in [0, 0.05) is 12.4 Å². The van der Waals surface area contributed by atoms with E-state index in [0.717, 1.165) is 11.5 Å². The normalized spacial score (nSPS) is 12.2. The molecule has 0 unspecified atom stereocenters. The molecule has 0 spiro atoms. The molecule has 0 bridgehead atoms. The highest BCUT2D eigenvalue weighted by Crippen LogP contribution is 2.28. The molecule has 0 atom stereocenters. The second-order valence-corrected chi connectivity index (χ2v) is 3.50. The average molecular weight is 229 g/mol. The van der Waals surface area contributed by atoms with Gasteiger partial charge >= 0.3 is 0 Å². The molecule has 88 valence electrons. The van der Waals surface area contributed by atoms with Gasteiger partial charge in [-0.2, -0.15) is 0 Å². The first-order chi connectivity index (χ1) is 8.40. The van der Waals surface area contributed by atoms with Crippen LogP contribution in [0.3, 0.4) is 0 Å². The van der Waals surface area contributed by atoms with Crippen molar-refractivity contribution in [1.82, 2.24) is 4.98 Å². The van der Waals surface area contributed by atoms with Crippen molar-refractivity contribution in [3.05, 3.63) is 54.9 Å². The topological polar surface area (TPSA) is 34.2 Å². The molecule has 2 heterocycles. The standard InChI is InChI=1S/C8H8.C6H7NO2/c1-2-8-6-4-3-5-7-8;1-2-9-6-4-7-3-5(6)8-1/h2-7H,1H2;3-4,7H,1-2H2. The van der Waals surface area contributed by atoms with Gasteiger partial charge in [0.2, 0.25) is 0 Å². The first kappa shape index (κ1) is 11.3. The van der Waals surface area contributed by atoms with Crippen LogP contribution in [-0.2, 0) is 0 Å². The highest BCUT2D eigenvalue weighted by atomic mass is 16.6. The summed E-state index contributed by atoms with van der Waals surface area (Å²) in [6.45, 7) is 4.95.